The zero-order valence-corrected chi connectivity index (χ0v) is 14.4. The second kappa shape index (κ2) is 6.01. The molecule has 2 aromatic heterocycles. The summed E-state index contributed by atoms with van der Waals surface area (Å²) >= 11 is 0. The van der Waals surface area contributed by atoms with Crippen LogP contribution < -0.4 is 0 Å². The molecule has 1 fully saturated rings. The summed E-state index contributed by atoms with van der Waals surface area (Å²) in [5, 5.41) is 0. The summed E-state index contributed by atoms with van der Waals surface area (Å²) in [6.07, 6.45) is 5.59. The van der Waals surface area contributed by atoms with Crippen molar-refractivity contribution >= 4 is 10.0 Å². The smallest absolute Gasteiger partial charge is 0.211 e. The quantitative estimate of drug-likeness (QED) is 0.926. The van der Waals surface area contributed by atoms with Gasteiger partial charge in [-0.3, -0.25) is 0 Å². The van der Waals surface area contributed by atoms with E-state index in [-0.39, 0.29) is 6.04 Å². The van der Waals surface area contributed by atoms with E-state index in [0.717, 1.165) is 30.7 Å². The van der Waals surface area contributed by atoms with Gasteiger partial charge in [-0.15, -0.1) is 0 Å². The Morgan fingerprint density at radius 3 is 2.70 bits per heavy atom. The highest BCUT2D eigenvalue weighted by Crippen LogP contribution is 2.31. The lowest BCUT2D eigenvalue weighted by Crippen LogP contribution is -2.38. The lowest BCUT2D eigenvalue weighted by atomic mass is 10.0. The second-order valence-corrected chi connectivity index (χ2v) is 7.99. The van der Waals surface area contributed by atoms with Gasteiger partial charge in [0.25, 0.3) is 0 Å². The first-order chi connectivity index (χ1) is 10.8. The largest absolute Gasteiger partial charge is 0.341 e. The van der Waals surface area contributed by atoms with Gasteiger partial charge in [0, 0.05) is 24.1 Å². The van der Waals surface area contributed by atoms with Crippen LogP contribution in [0.1, 0.15) is 42.5 Å². The van der Waals surface area contributed by atoms with Crippen molar-refractivity contribution in [2.24, 2.45) is 0 Å². The Kier molecular flexibility index (Phi) is 4.20. The van der Waals surface area contributed by atoms with Gasteiger partial charge < -0.3 is 4.98 Å². The zero-order valence-electron chi connectivity index (χ0n) is 13.6. The number of hydrogen-bond acceptors (Lipinski definition) is 5. The molecule has 1 atom stereocenters. The number of H-pyrrole nitrogens is 1. The predicted molar refractivity (Wildman–Crippen MR) is 87.2 cm³/mol. The number of nitrogens with one attached hydrogen (secondary N) is 1. The maximum atomic E-state index is 12.1. The molecule has 23 heavy (non-hydrogen) atoms. The highest BCUT2D eigenvalue weighted by atomic mass is 32.2. The van der Waals surface area contributed by atoms with Crippen molar-refractivity contribution in [1.82, 2.24) is 24.2 Å². The van der Waals surface area contributed by atoms with Gasteiger partial charge in [0.1, 0.15) is 11.5 Å². The molecule has 0 aliphatic carbocycles. The number of hydrogen-bond donors (Lipinski definition) is 1. The Hall–Kier alpha value is -1.80. The summed E-state index contributed by atoms with van der Waals surface area (Å²) in [5.74, 6) is 1.23. The van der Waals surface area contributed by atoms with Crippen molar-refractivity contribution in [1.29, 1.82) is 0 Å². The molecule has 8 heteroatoms. The molecule has 0 saturated carbocycles. The molecule has 1 saturated heterocycles. The van der Waals surface area contributed by atoms with Crippen LogP contribution in [0.4, 0.5) is 0 Å². The molecule has 0 spiro atoms. The molecule has 2 aromatic rings. The van der Waals surface area contributed by atoms with Gasteiger partial charge in [0.05, 0.1) is 12.3 Å². The van der Waals surface area contributed by atoms with Crippen LogP contribution in [-0.4, -0.2) is 45.5 Å². The minimum Gasteiger partial charge on any atom is -0.341 e. The number of piperidine rings is 1. The van der Waals surface area contributed by atoms with E-state index >= 15 is 0 Å². The molecule has 7 nitrogen and oxygen atoms in total. The van der Waals surface area contributed by atoms with Crippen molar-refractivity contribution < 1.29 is 8.42 Å². The normalized spacial score (nSPS) is 19.9. The first-order valence-corrected chi connectivity index (χ1v) is 9.54. The Morgan fingerprint density at radius 1 is 1.26 bits per heavy atom. The molecule has 1 aliphatic rings. The highest BCUT2D eigenvalue weighted by Gasteiger charge is 2.32. The van der Waals surface area contributed by atoms with Gasteiger partial charge in [0.15, 0.2) is 5.82 Å². The summed E-state index contributed by atoms with van der Waals surface area (Å²) in [4.78, 5) is 16.5. The number of nitrogens with zero attached hydrogens (tertiary/aromatic N) is 4. The maximum Gasteiger partial charge on any atom is 0.211 e. The third-order valence-corrected chi connectivity index (χ3v) is 5.28. The van der Waals surface area contributed by atoms with Crippen molar-refractivity contribution in [3.8, 4) is 11.5 Å². The van der Waals surface area contributed by atoms with E-state index in [9.17, 15) is 8.42 Å². The van der Waals surface area contributed by atoms with E-state index in [4.69, 9.17) is 0 Å². The van der Waals surface area contributed by atoms with E-state index in [1.165, 1.54) is 10.6 Å². The van der Waals surface area contributed by atoms with Crippen LogP contribution in [-0.2, 0) is 10.0 Å². The fourth-order valence-electron chi connectivity index (χ4n) is 2.96. The second-order valence-electron chi connectivity index (χ2n) is 6.05. The third-order valence-electron chi connectivity index (χ3n) is 3.99. The van der Waals surface area contributed by atoms with Gasteiger partial charge >= 0.3 is 0 Å². The predicted octanol–water partition coefficient (Wildman–Crippen LogP) is 1.97. The minimum atomic E-state index is -3.28. The fourth-order valence-corrected chi connectivity index (χ4v) is 4.09. The first kappa shape index (κ1) is 16.1. The van der Waals surface area contributed by atoms with Crippen LogP contribution in [0.2, 0.25) is 0 Å². The molecule has 1 N–H and O–H groups in total. The van der Waals surface area contributed by atoms with E-state index in [1.807, 2.05) is 19.9 Å². The van der Waals surface area contributed by atoms with Crippen LogP contribution in [0.15, 0.2) is 12.3 Å². The van der Waals surface area contributed by atoms with Crippen LogP contribution >= 0.6 is 0 Å². The van der Waals surface area contributed by atoms with Gasteiger partial charge in [-0.05, 0) is 32.8 Å². The number of sulfonamides is 1. The molecular formula is C15H21N5O2S. The van der Waals surface area contributed by atoms with Crippen LogP contribution in [0.3, 0.4) is 0 Å². The van der Waals surface area contributed by atoms with Gasteiger partial charge in [-0.1, -0.05) is 6.42 Å². The number of aromatic nitrogens is 4. The molecule has 3 heterocycles. The molecule has 0 bridgehead atoms. The van der Waals surface area contributed by atoms with E-state index in [0.29, 0.717) is 23.9 Å². The zero-order chi connectivity index (χ0) is 16.6. The lowest BCUT2D eigenvalue weighted by molar-refractivity contribution is 0.248. The monoisotopic (exact) mass is 335 g/mol. The Labute approximate surface area is 136 Å². The number of aryl methyl sites for hydroxylation is 2. The molecule has 3 rings (SSSR count). The molecule has 0 unspecified atom stereocenters. The van der Waals surface area contributed by atoms with Crippen molar-refractivity contribution in [2.75, 3.05) is 12.8 Å². The average Bonchev–Trinajstić information content (AvgIpc) is 2.92. The molecule has 124 valence electrons. The summed E-state index contributed by atoms with van der Waals surface area (Å²) in [7, 11) is -3.28. The molecule has 1 aliphatic heterocycles. The van der Waals surface area contributed by atoms with E-state index < -0.39 is 10.0 Å². The summed E-state index contributed by atoms with van der Waals surface area (Å²) in [6, 6.07) is 1.56. The van der Waals surface area contributed by atoms with Gasteiger partial charge in [-0.25, -0.2) is 23.4 Å². The number of rotatable bonds is 3. The Morgan fingerprint density at radius 2 is 2.04 bits per heavy atom. The number of imidazole rings is 1. The van der Waals surface area contributed by atoms with E-state index in [1.54, 1.807) is 6.20 Å². The number of aromatic amines is 1. The Balaban J connectivity index is 2.03. The molecular weight excluding hydrogens is 314 g/mol. The summed E-state index contributed by atoms with van der Waals surface area (Å²) < 4.78 is 25.6. The van der Waals surface area contributed by atoms with Crippen molar-refractivity contribution in [3.05, 3.63) is 29.5 Å². The van der Waals surface area contributed by atoms with Crippen LogP contribution in [0.5, 0.6) is 0 Å². The molecule has 0 radical (unpaired) electrons. The van der Waals surface area contributed by atoms with Crippen LogP contribution in [0.25, 0.3) is 11.5 Å². The maximum absolute atomic E-state index is 12.1. The first-order valence-electron chi connectivity index (χ1n) is 7.69. The van der Waals surface area contributed by atoms with Gasteiger partial charge in [0.2, 0.25) is 10.0 Å². The topological polar surface area (TPSA) is 91.8 Å². The van der Waals surface area contributed by atoms with E-state index in [2.05, 4.69) is 19.9 Å². The molecule has 0 aromatic carbocycles. The van der Waals surface area contributed by atoms with Crippen LogP contribution in [0, 0.1) is 13.8 Å². The summed E-state index contributed by atoms with van der Waals surface area (Å²) in [6.45, 7) is 4.34. The SMILES string of the molecule is Cc1cc(-c2ncc(C)[nH]2)nc([C@@H]2CCCCN2S(C)(=O)=O)n1. The van der Waals surface area contributed by atoms with Crippen molar-refractivity contribution in [2.45, 2.75) is 39.2 Å². The van der Waals surface area contributed by atoms with Gasteiger partial charge in [-0.2, -0.15) is 4.31 Å². The standard InChI is InChI=1S/C15H21N5O2S/c1-10-8-12(14-16-9-11(2)18-14)19-15(17-10)13-6-4-5-7-20(13)23(3,21)22/h8-9,13H,4-7H2,1-3H3,(H,16,18)/t13-/m0/s1. The third kappa shape index (κ3) is 3.42. The lowest BCUT2D eigenvalue weighted by Gasteiger charge is -2.32. The average molecular weight is 335 g/mol. The molecule has 0 amide bonds. The highest BCUT2D eigenvalue weighted by molar-refractivity contribution is 7.88. The van der Waals surface area contributed by atoms with Crippen molar-refractivity contribution in [3.63, 3.8) is 0 Å². The minimum absolute atomic E-state index is 0.298. The summed E-state index contributed by atoms with van der Waals surface area (Å²) in [5.41, 5.74) is 2.45. The Bertz CT molecular complexity index is 815. The fraction of sp³-hybridized carbons (Fsp3) is 0.533.